The van der Waals surface area contributed by atoms with E-state index in [1.807, 2.05) is 0 Å². The first-order valence-electron chi connectivity index (χ1n) is 5.51. The number of hydrogen-bond acceptors (Lipinski definition) is 3. The average molecular weight is 184 g/mol. The van der Waals surface area contributed by atoms with Crippen molar-refractivity contribution in [2.45, 2.75) is 25.7 Å². The van der Waals surface area contributed by atoms with E-state index in [1.165, 1.54) is 32.5 Å². The van der Waals surface area contributed by atoms with Gasteiger partial charge in [0, 0.05) is 32.8 Å². The maximum absolute atomic E-state index is 8.70. The van der Waals surface area contributed by atoms with Gasteiger partial charge in [-0.3, -0.25) is 0 Å². The molecule has 0 spiro atoms. The van der Waals surface area contributed by atoms with E-state index in [0.29, 0.717) is 6.61 Å². The fourth-order valence-electron chi connectivity index (χ4n) is 2.44. The van der Waals surface area contributed by atoms with Crippen LogP contribution in [0, 0.1) is 5.92 Å². The van der Waals surface area contributed by atoms with Crippen molar-refractivity contribution in [2.75, 3.05) is 32.8 Å². The predicted molar refractivity (Wildman–Crippen MR) is 52.2 cm³/mol. The summed E-state index contributed by atoms with van der Waals surface area (Å²) in [6.07, 6.45) is 4.89. The second kappa shape index (κ2) is 4.40. The van der Waals surface area contributed by atoms with Gasteiger partial charge in [0.15, 0.2) is 0 Å². The highest BCUT2D eigenvalue weighted by Gasteiger charge is 2.30. The molecule has 3 rings (SSSR count). The first-order valence-corrected chi connectivity index (χ1v) is 5.51. The lowest BCUT2D eigenvalue weighted by atomic mass is 9.94. The van der Waals surface area contributed by atoms with Gasteiger partial charge < -0.3 is 5.11 Å². The summed E-state index contributed by atoms with van der Waals surface area (Å²) in [5, 5.41) is 13.7. The van der Waals surface area contributed by atoms with Gasteiger partial charge in [-0.15, -0.1) is 0 Å². The topological polar surface area (TPSA) is 26.7 Å². The van der Waals surface area contributed by atoms with Gasteiger partial charge in [-0.2, -0.15) is 0 Å². The number of nitrogens with zero attached hydrogens (tertiary/aromatic N) is 2. The van der Waals surface area contributed by atoms with E-state index in [1.54, 1.807) is 0 Å². The van der Waals surface area contributed by atoms with Gasteiger partial charge in [-0.05, 0) is 31.6 Å². The van der Waals surface area contributed by atoms with E-state index in [-0.39, 0.29) is 0 Å². The van der Waals surface area contributed by atoms with Gasteiger partial charge in [-0.25, -0.2) is 10.0 Å². The largest absolute Gasteiger partial charge is 0.396 e. The van der Waals surface area contributed by atoms with Crippen LogP contribution in [0.15, 0.2) is 0 Å². The van der Waals surface area contributed by atoms with Gasteiger partial charge >= 0.3 is 0 Å². The van der Waals surface area contributed by atoms with E-state index >= 15 is 0 Å². The number of rotatable bonds is 4. The first kappa shape index (κ1) is 9.44. The summed E-state index contributed by atoms with van der Waals surface area (Å²) in [4.78, 5) is 0. The van der Waals surface area contributed by atoms with Crippen LogP contribution in [0.3, 0.4) is 0 Å². The van der Waals surface area contributed by atoms with Crippen LogP contribution in [0.25, 0.3) is 0 Å². The summed E-state index contributed by atoms with van der Waals surface area (Å²) >= 11 is 0. The Morgan fingerprint density at radius 1 is 1.15 bits per heavy atom. The van der Waals surface area contributed by atoms with Gasteiger partial charge in [0.05, 0.1) is 0 Å². The Hall–Kier alpha value is -0.120. The number of aliphatic hydroxyl groups excluding tert-OH is 1. The summed E-state index contributed by atoms with van der Waals surface area (Å²) in [6.45, 7) is 5.30. The van der Waals surface area contributed by atoms with Crippen molar-refractivity contribution >= 4 is 0 Å². The van der Waals surface area contributed by atoms with E-state index < -0.39 is 0 Å². The number of piperidine rings is 1. The minimum atomic E-state index is 0.345. The molecule has 3 saturated heterocycles. The van der Waals surface area contributed by atoms with Crippen molar-refractivity contribution in [2.24, 2.45) is 5.92 Å². The Morgan fingerprint density at radius 3 is 2.46 bits per heavy atom. The summed E-state index contributed by atoms with van der Waals surface area (Å²) in [5.74, 6) is 0.958. The Kier molecular flexibility index (Phi) is 3.19. The van der Waals surface area contributed by atoms with E-state index in [4.69, 9.17) is 5.11 Å². The molecule has 3 heterocycles. The summed E-state index contributed by atoms with van der Waals surface area (Å²) in [5.41, 5.74) is 0. The molecule has 13 heavy (non-hydrogen) atoms. The van der Waals surface area contributed by atoms with Crippen LogP contribution < -0.4 is 0 Å². The Bertz CT molecular complexity index is 155. The van der Waals surface area contributed by atoms with Crippen LogP contribution in [0.1, 0.15) is 25.7 Å². The molecule has 76 valence electrons. The highest BCUT2D eigenvalue weighted by Crippen LogP contribution is 2.26. The predicted octanol–water partition coefficient (Wildman–Crippen LogP) is 0.702. The molecule has 3 nitrogen and oxygen atoms in total. The van der Waals surface area contributed by atoms with Crippen LogP contribution in [0.2, 0.25) is 0 Å². The molecule has 0 aromatic heterocycles. The van der Waals surface area contributed by atoms with Crippen molar-refractivity contribution in [1.82, 2.24) is 10.0 Å². The third-order valence-corrected chi connectivity index (χ3v) is 3.28. The van der Waals surface area contributed by atoms with Gasteiger partial charge in [0.2, 0.25) is 0 Å². The lowest BCUT2D eigenvalue weighted by Gasteiger charge is -2.47. The standard InChI is InChI=1S/C10H20N2O/c13-8-2-1-5-12-9-10-3-6-11(12)7-4-10/h10,13H,1-9H2. The van der Waals surface area contributed by atoms with Crippen LogP contribution in [-0.2, 0) is 0 Å². The average Bonchev–Trinajstić information content (AvgIpc) is 2.20. The number of unbranched alkanes of at least 4 members (excludes halogenated alkanes) is 1. The molecule has 0 amide bonds. The molecule has 0 aliphatic carbocycles. The molecule has 0 atom stereocenters. The van der Waals surface area contributed by atoms with E-state index in [0.717, 1.165) is 25.3 Å². The fraction of sp³-hybridized carbons (Fsp3) is 1.00. The Labute approximate surface area is 80.3 Å². The normalized spacial score (nSPS) is 33.9. The SMILES string of the molecule is OCCCCN1CC2CCN1CC2. The molecule has 0 radical (unpaired) electrons. The molecule has 0 saturated carbocycles. The van der Waals surface area contributed by atoms with E-state index in [2.05, 4.69) is 10.0 Å². The molecular formula is C10H20N2O. The van der Waals surface area contributed by atoms with Gasteiger partial charge in [0.25, 0.3) is 0 Å². The van der Waals surface area contributed by atoms with Crippen LogP contribution in [0.4, 0.5) is 0 Å². The number of hydrazine groups is 1. The third kappa shape index (κ3) is 2.22. The molecule has 0 aromatic rings. The van der Waals surface area contributed by atoms with Crippen molar-refractivity contribution in [3.63, 3.8) is 0 Å². The lowest BCUT2D eigenvalue weighted by Crippen LogP contribution is -2.55. The zero-order valence-electron chi connectivity index (χ0n) is 8.28. The quantitative estimate of drug-likeness (QED) is 0.652. The molecule has 3 heteroatoms. The minimum absolute atomic E-state index is 0.345. The number of aliphatic hydroxyl groups is 1. The van der Waals surface area contributed by atoms with Gasteiger partial charge in [0.1, 0.15) is 0 Å². The highest BCUT2D eigenvalue weighted by molar-refractivity contribution is 4.79. The molecule has 2 bridgehead atoms. The monoisotopic (exact) mass is 184 g/mol. The first-order chi connectivity index (χ1) is 6.40. The number of hydrogen-bond donors (Lipinski definition) is 1. The molecule has 3 aliphatic heterocycles. The van der Waals surface area contributed by atoms with Crippen molar-refractivity contribution in [3.05, 3.63) is 0 Å². The summed E-state index contributed by atoms with van der Waals surface area (Å²) < 4.78 is 0. The second-order valence-electron chi connectivity index (χ2n) is 4.24. The second-order valence-corrected chi connectivity index (χ2v) is 4.24. The molecular weight excluding hydrogens is 164 g/mol. The fourth-order valence-corrected chi connectivity index (χ4v) is 2.44. The van der Waals surface area contributed by atoms with Crippen molar-refractivity contribution in [1.29, 1.82) is 0 Å². The molecule has 1 N–H and O–H groups in total. The molecule has 3 aliphatic rings. The van der Waals surface area contributed by atoms with Crippen LogP contribution in [0.5, 0.6) is 0 Å². The summed E-state index contributed by atoms with van der Waals surface area (Å²) in [6, 6.07) is 0. The number of fused-ring (bicyclic) bond motifs is 3. The lowest BCUT2D eigenvalue weighted by molar-refractivity contribution is -0.110. The highest BCUT2D eigenvalue weighted by atomic mass is 16.2. The molecule has 0 aromatic carbocycles. The zero-order chi connectivity index (χ0) is 9.10. The van der Waals surface area contributed by atoms with Gasteiger partial charge in [-0.1, -0.05) is 0 Å². The molecule has 3 fully saturated rings. The zero-order valence-corrected chi connectivity index (χ0v) is 8.28. The smallest absolute Gasteiger partial charge is 0.0431 e. The molecule has 0 unspecified atom stereocenters. The van der Waals surface area contributed by atoms with E-state index in [9.17, 15) is 0 Å². The summed E-state index contributed by atoms with van der Waals surface area (Å²) in [7, 11) is 0. The van der Waals surface area contributed by atoms with Crippen molar-refractivity contribution < 1.29 is 5.11 Å². The Balaban J connectivity index is 1.74. The maximum atomic E-state index is 8.70. The maximum Gasteiger partial charge on any atom is 0.0431 e. The third-order valence-electron chi connectivity index (χ3n) is 3.28. The Morgan fingerprint density at radius 2 is 1.92 bits per heavy atom. The minimum Gasteiger partial charge on any atom is -0.396 e. The van der Waals surface area contributed by atoms with Crippen LogP contribution in [-0.4, -0.2) is 47.9 Å². The van der Waals surface area contributed by atoms with Crippen LogP contribution >= 0.6 is 0 Å². The van der Waals surface area contributed by atoms with Crippen molar-refractivity contribution in [3.8, 4) is 0 Å².